The molecule has 19 heavy (non-hydrogen) atoms. The predicted molar refractivity (Wildman–Crippen MR) is 70.1 cm³/mol. The van der Waals surface area contributed by atoms with E-state index in [1.54, 1.807) is 0 Å². The maximum Gasteiger partial charge on any atom is 0.312 e. The van der Waals surface area contributed by atoms with Crippen molar-refractivity contribution in [3.63, 3.8) is 0 Å². The minimum absolute atomic E-state index is 0.165. The van der Waals surface area contributed by atoms with E-state index in [9.17, 15) is 18.3 Å². The standard InChI is InChI=1S/C12H16N2O4S/c13-19(17,18)6-5-14-7-9-3-1-2-4-10(9)11(8-14)12(15)16/h1-4,11H,5-8H2,(H,15,16)(H2,13,17,18). The Labute approximate surface area is 111 Å². The molecule has 0 saturated heterocycles. The number of nitrogens with two attached hydrogens (primary N) is 1. The molecule has 1 heterocycles. The fourth-order valence-electron chi connectivity index (χ4n) is 2.32. The molecule has 1 aromatic rings. The molecule has 0 aromatic heterocycles. The third kappa shape index (κ3) is 3.52. The van der Waals surface area contributed by atoms with Gasteiger partial charge < -0.3 is 5.11 Å². The first-order chi connectivity index (χ1) is 8.87. The van der Waals surface area contributed by atoms with E-state index < -0.39 is 21.9 Å². The Morgan fingerprint density at radius 2 is 2.11 bits per heavy atom. The number of carboxylic acid groups (broad SMARTS) is 1. The molecule has 1 atom stereocenters. The molecule has 0 radical (unpaired) electrons. The van der Waals surface area contributed by atoms with Gasteiger partial charge in [-0.05, 0) is 11.1 Å². The molecule has 1 aliphatic rings. The van der Waals surface area contributed by atoms with Gasteiger partial charge in [-0.15, -0.1) is 0 Å². The van der Waals surface area contributed by atoms with Crippen LogP contribution in [0.2, 0.25) is 0 Å². The highest BCUT2D eigenvalue weighted by molar-refractivity contribution is 7.89. The van der Waals surface area contributed by atoms with Crippen LogP contribution in [0.3, 0.4) is 0 Å². The number of aliphatic carboxylic acids is 1. The topological polar surface area (TPSA) is 101 Å². The van der Waals surface area contributed by atoms with Gasteiger partial charge in [-0.3, -0.25) is 9.69 Å². The molecule has 7 heteroatoms. The summed E-state index contributed by atoms with van der Waals surface area (Å²) in [4.78, 5) is 13.1. The Bertz CT molecular complexity index is 585. The number of rotatable bonds is 4. The average Bonchev–Trinajstić information content (AvgIpc) is 2.34. The molecular weight excluding hydrogens is 268 g/mol. The Kier molecular flexibility index (Phi) is 3.88. The summed E-state index contributed by atoms with van der Waals surface area (Å²) in [7, 11) is -3.53. The normalized spacial score (nSPS) is 19.9. The van der Waals surface area contributed by atoms with Crippen LogP contribution in [-0.2, 0) is 21.4 Å². The Balaban J connectivity index is 2.18. The second-order valence-corrected chi connectivity index (χ2v) is 6.43. The monoisotopic (exact) mass is 284 g/mol. The van der Waals surface area contributed by atoms with Gasteiger partial charge in [-0.25, -0.2) is 13.6 Å². The molecule has 2 rings (SSSR count). The van der Waals surface area contributed by atoms with Crippen LogP contribution in [0, 0.1) is 0 Å². The van der Waals surface area contributed by atoms with Gasteiger partial charge in [0.1, 0.15) is 0 Å². The predicted octanol–water partition coefficient (Wildman–Crippen LogP) is -0.0411. The lowest BCUT2D eigenvalue weighted by Crippen LogP contribution is -2.40. The third-order valence-corrected chi connectivity index (χ3v) is 4.01. The van der Waals surface area contributed by atoms with Crippen molar-refractivity contribution in [2.24, 2.45) is 5.14 Å². The lowest BCUT2D eigenvalue weighted by Gasteiger charge is -2.32. The summed E-state index contributed by atoms with van der Waals surface area (Å²) in [5.41, 5.74) is 1.73. The quantitative estimate of drug-likeness (QED) is 0.808. The molecule has 1 unspecified atom stereocenters. The van der Waals surface area contributed by atoms with Crippen molar-refractivity contribution in [3.8, 4) is 0 Å². The first-order valence-electron chi connectivity index (χ1n) is 5.90. The van der Waals surface area contributed by atoms with Crippen molar-refractivity contribution in [2.45, 2.75) is 12.5 Å². The number of carbonyl (C=O) groups is 1. The maximum atomic E-state index is 11.3. The SMILES string of the molecule is NS(=O)(=O)CCN1Cc2ccccc2C(C(=O)O)C1. The van der Waals surface area contributed by atoms with E-state index in [1.807, 2.05) is 29.2 Å². The summed E-state index contributed by atoms with van der Waals surface area (Å²) in [5.74, 6) is -1.68. The Morgan fingerprint density at radius 3 is 2.74 bits per heavy atom. The van der Waals surface area contributed by atoms with E-state index in [0.29, 0.717) is 13.1 Å². The zero-order chi connectivity index (χ0) is 14.0. The average molecular weight is 284 g/mol. The fraction of sp³-hybridized carbons (Fsp3) is 0.417. The molecule has 0 saturated carbocycles. The van der Waals surface area contributed by atoms with Crippen molar-refractivity contribution in [1.82, 2.24) is 4.90 Å². The molecule has 0 aliphatic carbocycles. The smallest absolute Gasteiger partial charge is 0.312 e. The van der Waals surface area contributed by atoms with E-state index in [1.165, 1.54) is 0 Å². The third-order valence-electron chi connectivity index (χ3n) is 3.26. The van der Waals surface area contributed by atoms with E-state index in [4.69, 9.17) is 5.14 Å². The Morgan fingerprint density at radius 1 is 1.42 bits per heavy atom. The van der Waals surface area contributed by atoms with Gasteiger partial charge in [0.2, 0.25) is 10.0 Å². The number of hydrogen-bond donors (Lipinski definition) is 2. The number of nitrogens with zero attached hydrogens (tertiary/aromatic N) is 1. The second kappa shape index (κ2) is 5.28. The molecular formula is C12H16N2O4S. The van der Waals surface area contributed by atoms with Crippen LogP contribution in [0.25, 0.3) is 0 Å². The first kappa shape index (κ1) is 14.0. The number of carboxylic acids is 1. The van der Waals surface area contributed by atoms with Gasteiger partial charge in [-0.2, -0.15) is 0 Å². The molecule has 104 valence electrons. The van der Waals surface area contributed by atoms with Gasteiger partial charge >= 0.3 is 5.97 Å². The molecule has 0 amide bonds. The summed E-state index contributed by atoms with van der Waals surface area (Å²) >= 11 is 0. The zero-order valence-corrected chi connectivity index (χ0v) is 11.1. The molecule has 1 aromatic carbocycles. The molecule has 1 aliphatic heterocycles. The molecule has 6 nitrogen and oxygen atoms in total. The summed E-state index contributed by atoms with van der Waals surface area (Å²) in [6, 6.07) is 7.34. The van der Waals surface area contributed by atoms with Crippen LogP contribution in [0.1, 0.15) is 17.0 Å². The summed E-state index contributed by atoms with van der Waals surface area (Å²) < 4.78 is 21.9. The molecule has 0 bridgehead atoms. The second-order valence-electron chi connectivity index (χ2n) is 4.69. The largest absolute Gasteiger partial charge is 0.481 e. The minimum atomic E-state index is -3.53. The number of fused-ring (bicyclic) bond motifs is 1. The van der Waals surface area contributed by atoms with E-state index >= 15 is 0 Å². The van der Waals surface area contributed by atoms with Gasteiger partial charge in [0.15, 0.2) is 0 Å². The number of benzene rings is 1. The van der Waals surface area contributed by atoms with Crippen molar-refractivity contribution >= 4 is 16.0 Å². The van der Waals surface area contributed by atoms with Crippen LogP contribution in [0.4, 0.5) is 0 Å². The number of hydrogen-bond acceptors (Lipinski definition) is 4. The van der Waals surface area contributed by atoms with Crippen LogP contribution in [-0.4, -0.2) is 43.2 Å². The maximum absolute atomic E-state index is 11.3. The number of sulfonamides is 1. The summed E-state index contributed by atoms with van der Waals surface area (Å²) in [6.07, 6.45) is 0. The molecule has 3 N–H and O–H groups in total. The highest BCUT2D eigenvalue weighted by Crippen LogP contribution is 2.28. The van der Waals surface area contributed by atoms with Crippen molar-refractivity contribution < 1.29 is 18.3 Å². The van der Waals surface area contributed by atoms with Crippen LogP contribution < -0.4 is 5.14 Å². The summed E-state index contributed by atoms with van der Waals surface area (Å²) in [6.45, 7) is 1.11. The lowest BCUT2D eigenvalue weighted by atomic mass is 9.90. The summed E-state index contributed by atoms with van der Waals surface area (Å²) in [5, 5.41) is 14.2. The van der Waals surface area contributed by atoms with Crippen LogP contribution in [0.15, 0.2) is 24.3 Å². The number of primary sulfonamides is 1. The van der Waals surface area contributed by atoms with Gasteiger partial charge in [0, 0.05) is 19.6 Å². The highest BCUT2D eigenvalue weighted by atomic mass is 32.2. The molecule has 0 fully saturated rings. The van der Waals surface area contributed by atoms with Gasteiger partial charge in [0.05, 0.1) is 11.7 Å². The van der Waals surface area contributed by atoms with Crippen molar-refractivity contribution in [2.75, 3.05) is 18.8 Å². The van der Waals surface area contributed by atoms with Crippen molar-refractivity contribution in [3.05, 3.63) is 35.4 Å². The van der Waals surface area contributed by atoms with Crippen LogP contribution >= 0.6 is 0 Å². The zero-order valence-electron chi connectivity index (χ0n) is 10.3. The molecule has 0 spiro atoms. The van der Waals surface area contributed by atoms with Crippen molar-refractivity contribution in [1.29, 1.82) is 0 Å². The Hall–Kier alpha value is -1.44. The van der Waals surface area contributed by atoms with E-state index in [0.717, 1.165) is 11.1 Å². The minimum Gasteiger partial charge on any atom is -0.481 e. The van der Waals surface area contributed by atoms with Gasteiger partial charge in [0.25, 0.3) is 0 Å². The van der Waals surface area contributed by atoms with E-state index in [2.05, 4.69) is 0 Å². The first-order valence-corrected chi connectivity index (χ1v) is 7.62. The van der Waals surface area contributed by atoms with Crippen LogP contribution in [0.5, 0.6) is 0 Å². The fourth-order valence-corrected chi connectivity index (χ4v) is 2.83. The van der Waals surface area contributed by atoms with Gasteiger partial charge in [-0.1, -0.05) is 24.3 Å². The lowest BCUT2D eigenvalue weighted by molar-refractivity contribution is -0.139. The highest BCUT2D eigenvalue weighted by Gasteiger charge is 2.30. The van der Waals surface area contributed by atoms with E-state index in [-0.39, 0.29) is 12.3 Å².